The summed E-state index contributed by atoms with van der Waals surface area (Å²) in [5.74, 6) is -3.31. The summed E-state index contributed by atoms with van der Waals surface area (Å²) in [6.07, 6.45) is 2.24. The molecule has 2 atom stereocenters. The molecule has 0 bridgehead atoms. The lowest BCUT2D eigenvalue weighted by atomic mass is 9.97. The highest BCUT2D eigenvalue weighted by atomic mass is 32.2. The van der Waals surface area contributed by atoms with Crippen LogP contribution in [0.2, 0.25) is 0 Å². The van der Waals surface area contributed by atoms with Crippen molar-refractivity contribution in [1.29, 1.82) is 0 Å². The number of carboxylic acid groups (broad SMARTS) is 1. The molecule has 2 aromatic carbocycles. The van der Waals surface area contributed by atoms with Crippen LogP contribution in [0.4, 0.5) is 8.78 Å². The number of hydrogen-bond donors (Lipinski definition) is 4. The number of likely N-dealkylation sites (N-methyl/N-ethyl adjacent to an activating group) is 1. The molecule has 0 saturated heterocycles. The number of hydrogen-bond acceptors (Lipinski definition) is 10. The molecule has 5 N–H and O–H groups in total. The monoisotopic (exact) mass is 819 g/mol. The molecule has 0 aliphatic heterocycles. The molecule has 0 fully saturated rings. The second-order valence-corrected chi connectivity index (χ2v) is 14.6. The van der Waals surface area contributed by atoms with Gasteiger partial charge in [-0.15, -0.1) is 11.8 Å². The zero-order valence-electron chi connectivity index (χ0n) is 33.3. The lowest BCUT2D eigenvalue weighted by molar-refractivity contribution is -0.141. The normalized spacial score (nSPS) is 12.5. The summed E-state index contributed by atoms with van der Waals surface area (Å²) in [5.41, 5.74) is 8.20. The summed E-state index contributed by atoms with van der Waals surface area (Å²) in [5, 5.41) is 15.4. The highest BCUT2D eigenvalue weighted by molar-refractivity contribution is 8.00. The molecule has 0 aliphatic carbocycles. The minimum absolute atomic E-state index is 0.0445. The molecular formula is C41H59F2N5O8S. The zero-order valence-corrected chi connectivity index (χ0v) is 34.1. The third-order valence-corrected chi connectivity index (χ3v) is 9.81. The van der Waals surface area contributed by atoms with Crippen LogP contribution in [-0.2, 0) is 39.9 Å². The van der Waals surface area contributed by atoms with Crippen LogP contribution in [0.1, 0.15) is 44.0 Å². The standard InChI is InChI=1S/C41H59F2N5O8S/c1-30(2)40(37-24-32(34-25-33(42)10-11-35(34)43)27-47(37)26-31-8-5-4-6-9-31)48(15-7-13-44)39(50)29-57-28-36(41(51)52)46-38(49)12-16-53-18-20-55-22-23-56-21-19-54-17-14-45-3/h4-6,8-11,24-25,27,30,36,40,45H,7,12-23,26,28-29,44H2,1-3H3,(H,46,49)(H,51,52)/t36-,40+/m0/s1. The summed E-state index contributed by atoms with van der Waals surface area (Å²) in [7, 11) is 1.86. The van der Waals surface area contributed by atoms with Crippen molar-refractivity contribution in [2.24, 2.45) is 11.7 Å². The number of aromatic nitrogens is 1. The molecule has 0 radical (unpaired) electrons. The predicted molar refractivity (Wildman–Crippen MR) is 217 cm³/mol. The number of carbonyl (C=O) groups is 3. The van der Waals surface area contributed by atoms with E-state index in [9.17, 15) is 23.9 Å². The van der Waals surface area contributed by atoms with Gasteiger partial charge in [0.15, 0.2) is 0 Å². The Morgan fingerprint density at radius 2 is 1.56 bits per heavy atom. The number of nitrogens with zero attached hydrogens (tertiary/aromatic N) is 2. The number of carboxylic acids is 1. The van der Waals surface area contributed by atoms with Crippen molar-refractivity contribution in [1.82, 2.24) is 20.1 Å². The Balaban J connectivity index is 1.57. The van der Waals surface area contributed by atoms with Crippen molar-refractivity contribution in [3.05, 3.63) is 83.7 Å². The van der Waals surface area contributed by atoms with Gasteiger partial charge in [-0.2, -0.15) is 0 Å². The summed E-state index contributed by atoms with van der Waals surface area (Å²) >= 11 is 1.10. The largest absolute Gasteiger partial charge is 0.480 e. The fourth-order valence-electron chi connectivity index (χ4n) is 5.99. The maximum Gasteiger partial charge on any atom is 0.327 e. The van der Waals surface area contributed by atoms with Gasteiger partial charge in [0.2, 0.25) is 11.8 Å². The highest BCUT2D eigenvalue weighted by Crippen LogP contribution is 2.35. The Hall–Kier alpha value is -3.90. The Labute approximate surface area is 338 Å². The quantitative estimate of drug-likeness (QED) is 0.0708. The van der Waals surface area contributed by atoms with E-state index in [-0.39, 0.29) is 48.5 Å². The first-order chi connectivity index (χ1) is 27.5. The number of halogens is 2. The maximum atomic E-state index is 15.0. The lowest BCUT2D eigenvalue weighted by Gasteiger charge is -2.35. The fourth-order valence-corrected chi connectivity index (χ4v) is 6.91. The first-order valence-electron chi connectivity index (χ1n) is 19.3. The number of thioether (sulfide) groups is 1. The van der Waals surface area contributed by atoms with Crippen molar-refractivity contribution in [3.63, 3.8) is 0 Å². The van der Waals surface area contributed by atoms with Crippen LogP contribution in [0.5, 0.6) is 0 Å². The second kappa shape index (κ2) is 26.9. The first kappa shape index (κ1) is 47.5. The Morgan fingerprint density at radius 1 is 0.912 bits per heavy atom. The van der Waals surface area contributed by atoms with Gasteiger partial charge < -0.3 is 49.9 Å². The van der Waals surface area contributed by atoms with Crippen molar-refractivity contribution in [3.8, 4) is 11.1 Å². The molecule has 3 aromatic rings. The Kier molecular flexibility index (Phi) is 22.4. The van der Waals surface area contributed by atoms with Crippen molar-refractivity contribution in [2.75, 3.05) is 91.0 Å². The number of aliphatic carboxylic acids is 1. The Bertz CT molecular complexity index is 1630. The van der Waals surface area contributed by atoms with Crippen LogP contribution < -0.4 is 16.4 Å². The van der Waals surface area contributed by atoms with Crippen molar-refractivity contribution >= 4 is 29.5 Å². The number of benzene rings is 2. The number of amides is 2. The average Bonchev–Trinajstić information content (AvgIpc) is 3.59. The van der Waals surface area contributed by atoms with E-state index >= 15 is 4.39 Å². The molecule has 0 spiro atoms. The molecule has 0 saturated carbocycles. The van der Waals surface area contributed by atoms with Crippen LogP contribution >= 0.6 is 11.8 Å². The van der Waals surface area contributed by atoms with Crippen LogP contribution in [0.25, 0.3) is 11.1 Å². The first-order valence-corrected chi connectivity index (χ1v) is 20.5. The van der Waals surface area contributed by atoms with Gasteiger partial charge in [-0.05, 0) is 55.8 Å². The maximum absolute atomic E-state index is 15.0. The van der Waals surface area contributed by atoms with Gasteiger partial charge in [0, 0.05) is 54.8 Å². The molecule has 57 heavy (non-hydrogen) atoms. The molecule has 16 heteroatoms. The number of nitrogens with one attached hydrogen (secondary N) is 2. The van der Waals surface area contributed by atoms with Gasteiger partial charge in [0.25, 0.3) is 0 Å². The molecule has 3 rings (SSSR count). The highest BCUT2D eigenvalue weighted by Gasteiger charge is 2.31. The molecule has 1 aromatic heterocycles. The molecule has 2 amide bonds. The number of carbonyl (C=O) groups excluding carboxylic acids is 2. The van der Waals surface area contributed by atoms with E-state index in [0.717, 1.165) is 47.8 Å². The lowest BCUT2D eigenvalue weighted by Crippen LogP contribution is -2.44. The zero-order chi connectivity index (χ0) is 41.4. The minimum atomic E-state index is -1.22. The molecule has 13 nitrogen and oxygen atoms in total. The van der Waals surface area contributed by atoms with Crippen molar-refractivity contribution < 1.29 is 47.2 Å². The van der Waals surface area contributed by atoms with Gasteiger partial charge in [-0.25, -0.2) is 13.6 Å². The second-order valence-electron chi connectivity index (χ2n) is 13.6. The molecule has 0 unspecified atom stereocenters. The van der Waals surface area contributed by atoms with Gasteiger partial charge in [0.05, 0.1) is 64.6 Å². The Morgan fingerprint density at radius 3 is 2.18 bits per heavy atom. The van der Waals surface area contributed by atoms with Crippen LogP contribution in [0.15, 0.2) is 60.8 Å². The van der Waals surface area contributed by atoms with Gasteiger partial charge in [0.1, 0.15) is 17.7 Å². The van der Waals surface area contributed by atoms with Crippen LogP contribution in [0, 0.1) is 17.6 Å². The van der Waals surface area contributed by atoms with Gasteiger partial charge in [-0.3, -0.25) is 9.59 Å². The van der Waals surface area contributed by atoms with E-state index in [4.69, 9.17) is 24.7 Å². The smallest absolute Gasteiger partial charge is 0.327 e. The van der Waals surface area contributed by atoms with Gasteiger partial charge in [-0.1, -0.05) is 44.2 Å². The fraction of sp³-hybridized carbons (Fsp3) is 0.537. The van der Waals surface area contributed by atoms with Gasteiger partial charge >= 0.3 is 5.97 Å². The van der Waals surface area contributed by atoms with Crippen LogP contribution in [0.3, 0.4) is 0 Å². The summed E-state index contributed by atoms with van der Waals surface area (Å²) in [6.45, 7) is 8.92. The predicted octanol–water partition coefficient (Wildman–Crippen LogP) is 4.33. The summed E-state index contributed by atoms with van der Waals surface area (Å²) < 4.78 is 53.0. The average molecular weight is 820 g/mol. The van der Waals surface area contributed by atoms with E-state index in [1.807, 2.05) is 55.8 Å². The number of ether oxygens (including phenoxy) is 4. The summed E-state index contributed by atoms with van der Waals surface area (Å²) in [4.78, 5) is 40.4. The number of rotatable bonds is 30. The minimum Gasteiger partial charge on any atom is -0.480 e. The molecule has 1 heterocycles. The van der Waals surface area contributed by atoms with Crippen molar-refractivity contribution in [2.45, 2.75) is 45.3 Å². The SMILES string of the molecule is CNCCOCCOCCOCCOCCC(=O)N[C@@H](CSCC(=O)N(CCCN)[C@@H](c1cc(-c2cc(F)ccc2F)cn1Cc1ccccc1)C(C)C)C(=O)O. The topological polar surface area (TPSA) is 167 Å². The third-order valence-electron chi connectivity index (χ3n) is 8.79. The molecule has 316 valence electrons. The van der Waals surface area contributed by atoms with E-state index < -0.39 is 35.6 Å². The van der Waals surface area contributed by atoms with E-state index in [1.54, 1.807) is 17.2 Å². The van der Waals surface area contributed by atoms with E-state index in [1.165, 1.54) is 0 Å². The molecular weight excluding hydrogens is 761 g/mol. The van der Waals surface area contributed by atoms with Crippen LogP contribution in [-0.4, -0.2) is 129 Å². The summed E-state index contributed by atoms with van der Waals surface area (Å²) in [6, 6.07) is 13.1. The third kappa shape index (κ3) is 17.2. The molecule has 0 aliphatic rings. The number of nitrogens with two attached hydrogens (primary N) is 1. The van der Waals surface area contributed by atoms with E-state index in [0.29, 0.717) is 71.3 Å². The van der Waals surface area contributed by atoms with E-state index in [2.05, 4.69) is 10.6 Å².